The number of hydrogen-bond acceptors (Lipinski definition) is 4. The van der Waals surface area contributed by atoms with Crippen LogP contribution in [0.1, 0.15) is 45.4 Å². The minimum absolute atomic E-state index is 0.0546. The van der Waals surface area contributed by atoms with Crippen LogP contribution in [0.25, 0.3) is 0 Å². The van der Waals surface area contributed by atoms with Gasteiger partial charge < -0.3 is 9.80 Å². The molecule has 1 aromatic rings. The highest BCUT2D eigenvalue weighted by Crippen LogP contribution is 2.53. The predicted molar refractivity (Wildman–Crippen MR) is 124 cm³/mol. The molecule has 5 rings (SSSR count). The van der Waals surface area contributed by atoms with Crippen molar-refractivity contribution in [1.29, 1.82) is 0 Å². The summed E-state index contributed by atoms with van der Waals surface area (Å²) in [6, 6.07) is 8.98. The van der Waals surface area contributed by atoms with Crippen molar-refractivity contribution in [1.82, 2.24) is 9.80 Å². The van der Waals surface area contributed by atoms with E-state index in [2.05, 4.69) is 21.4 Å². The third kappa shape index (κ3) is 6.41. The van der Waals surface area contributed by atoms with Crippen LogP contribution in [0.3, 0.4) is 0 Å². The second kappa shape index (κ2) is 9.94. The number of hydrogen-bond donors (Lipinski definition) is 1. The Morgan fingerprint density at radius 3 is 2.16 bits per heavy atom. The zero-order valence-corrected chi connectivity index (χ0v) is 19.9. The van der Waals surface area contributed by atoms with Gasteiger partial charge in [-0.25, -0.2) is 17.2 Å². The Balaban J connectivity index is 0.000000165. The lowest BCUT2D eigenvalue weighted by atomic mass is 10.1. The van der Waals surface area contributed by atoms with E-state index in [0.717, 1.165) is 50.1 Å². The third-order valence-electron chi connectivity index (χ3n) is 7.45. The lowest BCUT2D eigenvalue weighted by Crippen LogP contribution is -2.40. The number of nitrogens with one attached hydrogen (secondary N) is 1. The van der Waals surface area contributed by atoms with Gasteiger partial charge in [-0.3, -0.25) is 4.72 Å². The molecule has 4 aliphatic rings. The average Bonchev–Trinajstić information content (AvgIpc) is 3.67. The molecule has 5 nitrogen and oxygen atoms in total. The van der Waals surface area contributed by atoms with Gasteiger partial charge >= 0.3 is 0 Å². The lowest BCUT2D eigenvalue weighted by molar-refractivity contribution is -0.0553. The van der Waals surface area contributed by atoms with Gasteiger partial charge in [0, 0.05) is 44.7 Å². The van der Waals surface area contributed by atoms with E-state index >= 15 is 0 Å². The van der Waals surface area contributed by atoms with Crippen molar-refractivity contribution in [2.24, 2.45) is 17.8 Å². The number of sulfonamides is 1. The molecule has 2 saturated carbocycles. The van der Waals surface area contributed by atoms with E-state index in [0.29, 0.717) is 18.8 Å². The van der Waals surface area contributed by atoms with Gasteiger partial charge in [0.25, 0.3) is 5.92 Å². The second-order valence-electron chi connectivity index (χ2n) is 9.92. The Morgan fingerprint density at radius 2 is 1.59 bits per heavy atom. The van der Waals surface area contributed by atoms with Crippen LogP contribution in [0.2, 0.25) is 0 Å². The molecule has 2 aliphatic heterocycles. The predicted octanol–water partition coefficient (Wildman–Crippen LogP) is 4.29. The summed E-state index contributed by atoms with van der Waals surface area (Å²) in [5.41, 5.74) is 0.648. The monoisotopic (exact) mass is 469 g/mol. The van der Waals surface area contributed by atoms with Gasteiger partial charge in [-0.05, 0) is 62.2 Å². The maximum absolute atomic E-state index is 13.0. The highest BCUT2D eigenvalue weighted by molar-refractivity contribution is 7.93. The number of alkyl halides is 2. The molecule has 0 amide bonds. The van der Waals surface area contributed by atoms with Gasteiger partial charge in [-0.1, -0.05) is 31.5 Å². The van der Waals surface area contributed by atoms with Crippen LogP contribution in [-0.4, -0.2) is 68.7 Å². The molecule has 0 bridgehead atoms. The first-order chi connectivity index (χ1) is 15.3. The molecule has 0 spiro atoms. The largest absolute Gasteiger partial charge is 0.303 e. The van der Waals surface area contributed by atoms with E-state index in [4.69, 9.17) is 0 Å². The van der Waals surface area contributed by atoms with Gasteiger partial charge in [0.05, 0.1) is 5.25 Å². The fraction of sp³-hybridized carbons (Fsp3) is 0.750. The molecule has 1 N–H and O–H groups in total. The minimum atomic E-state index is -3.09. The number of benzene rings is 1. The van der Waals surface area contributed by atoms with Crippen molar-refractivity contribution in [3.8, 4) is 0 Å². The molecular weight excluding hydrogens is 432 g/mol. The smallest absolute Gasteiger partial charge is 0.250 e. The lowest BCUT2D eigenvalue weighted by Gasteiger charge is -2.32. The minimum Gasteiger partial charge on any atom is -0.303 e. The molecule has 2 heterocycles. The number of piperidine rings is 2. The summed E-state index contributed by atoms with van der Waals surface area (Å²) in [5.74, 6) is 0.583. The normalized spacial score (nSPS) is 29.7. The van der Waals surface area contributed by atoms with Crippen molar-refractivity contribution >= 4 is 15.7 Å². The van der Waals surface area contributed by atoms with Crippen LogP contribution in [0.15, 0.2) is 30.3 Å². The summed E-state index contributed by atoms with van der Waals surface area (Å²) >= 11 is 0. The van der Waals surface area contributed by atoms with E-state index in [-0.39, 0.29) is 18.1 Å². The first kappa shape index (κ1) is 23.9. The number of likely N-dealkylation sites (tertiary alicyclic amines) is 2. The summed E-state index contributed by atoms with van der Waals surface area (Å²) in [6.07, 6.45) is 4.19. The van der Waals surface area contributed by atoms with Crippen molar-refractivity contribution in [3.05, 3.63) is 30.3 Å². The van der Waals surface area contributed by atoms with Gasteiger partial charge in [-0.15, -0.1) is 0 Å². The maximum Gasteiger partial charge on any atom is 0.250 e. The number of anilines is 1. The first-order valence-corrected chi connectivity index (χ1v) is 13.7. The van der Waals surface area contributed by atoms with Crippen molar-refractivity contribution < 1.29 is 17.2 Å². The van der Waals surface area contributed by atoms with Gasteiger partial charge in [-0.2, -0.15) is 0 Å². The fourth-order valence-corrected chi connectivity index (χ4v) is 6.67. The molecule has 2 unspecified atom stereocenters. The van der Waals surface area contributed by atoms with Gasteiger partial charge in [0.15, 0.2) is 0 Å². The van der Waals surface area contributed by atoms with E-state index in [9.17, 15) is 17.2 Å². The molecule has 0 radical (unpaired) electrons. The molecule has 0 aromatic heterocycles. The average molecular weight is 470 g/mol. The Kier molecular flexibility index (Phi) is 7.42. The zero-order chi connectivity index (χ0) is 22.8. The number of para-hydroxylation sites is 1. The standard InChI is InChI=1S/C15H26F2N2.C9H11NO2S/c1-2-12-13-10-19(11-14(12)13)7-3-6-18-8-4-15(16,17)5-9-18;11-13(12,9-6-7-9)10-8-4-2-1-3-5-8/h12-14H,2-11H2,1H3;1-5,9-10H,6-7H2. The van der Waals surface area contributed by atoms with Crippen LogP contribution in [0, 0.1) is 17.8 Å². The Hall–Kier alpha value is -1.25. The third-order valence-corrected chi connectivity index (χ3v) is 9.32. The summed E-state index contributed by atoms with van der Waals surface area (Å²) in [4.78, 5) is 4.79. The fourth-order valence-electron chi connectivity index (χ4n) is 5.28. The van der Waals surface area contributed by atoms with Crippen LogP contribution in [-0.2, 0) is 10.0 Å². The molecule has 180 valence electrons. The number of nitrogens with zero attached hydrogens (tertiary/aromatic N) is 2. The van der Waals surface area contributed by atoms with Crippen LogP contribution in [0.4, 0.5) is 14.5 Å². The first-order valence-electron chi connectivity index (χ1n) is 12.2. The molecule has 4 fully saturated rings. The van der Waals surface area contributed by atoms with Crippen LogP contribution in [0.5, 0.6) is 0 Å². The van der Waals surface area contributed by atoms with Gasteiger partial charge in [0.1, 0.15) is 0 Å². The summed E-state index contributed by atoms with van der Waals surface area (Å²) in [6.45, 7) is 8.21. The second-order valence-corrected chi connectivity index (χ2v) is 11.9. The SMILES string of the molecule is CCC1C2CN(CCCN3CCC(F)(F)CC3)CC12.O=S(=O)(Nc1ccccc1)C1CC1. The Bertz CT molecular complexity index is 826. The van der Waals surface area contributed by atoms with Crippen LogP contribution >= 0.6 is 0 Å². The topological polar surface area (TPSA) is 52.7 Å². The number of halogens is 2. The molecule has 32 heavy (non-hydrogen) atoms. The van der Waals surface area contributed by atoms with E-state index in [1.54, 1.807) is 12.1 Å². The molecular formula is C24H37F2N3O2S. The zero-order valence-electron chi connectivity index (χ0n) is 19.1. The summed E-state index contributed by atoms with van der Waals surface area (Å²) < 4.78 is 51.5. The molecule has 2 saturated heterocycles. The van der Waals surface area contributed by atoms with Crippen molar-refractivity contribution in [3.63, 3.8) is 0 Å². The highest BCUT2D eigenvalue weighted by Gasteiger charge is 2.53. The van der Waals surface area contributed by atoms with E-state index < -0.39 is 15.9 Å². The molecule has 1 aromatic carbocycles. The quantitative estimate of drug-likeness (QED) is 0.617. The molecule has 8 heteroatoms. The number of fused-ring (bicyclic) bond motifs is 1. The highest BCUT2D eigenvalue weighted by atomic mass is 32.2. The van der Waals surface area contributed by atoms with Gasteiger partial charge in [0.2, 0.25) is 10.0 Å². The molecule has 2 aliphatic carbocycles. The van der Waals surface area contributed by atoms with E-state index in [1.807, 2.05) is 18.2 Å². The Labute approximate surface area is 191 Å². The van der Waals surface area contributed by atoms with Crippen molar-refractivity contribution in [2.75, 3.05) is 44.0 Å². The Morgan fingerprint density at radius 1 is 1.00 bits per heavy atom. The van der Waals surface area contributed by atoms with E-state index in [1.165, 1.54) is 19.5 Å². The van der Waals surface area contributed by atoms with Crippen LogP contribution < -0.4 is 4.72 Å². The molecule has 2 atom stereocenters. The number of rotatable bonds is 8. The summed E-state index contributed by atoms with van der Waals surface area (Å²) in [7, 11) is -3.09. The summed E-state index contributed by atoms with van der Waals surface area (Å²) in [5, 5.41) is -0.160. The maximum atomic E-state index is 13.0. The van der Waals surface area contributed by atoms with Crippen molar-refractivity contribution in [2.45, 2.75) is 56.6 Å².